The molecule has 0 saturated carbocycles. The van der Waals surface area contributed by atoms with Gasteiger partial charge in [0.1, 0.15) is 12.4 Å². The minimum absolute atomic E-state index is 0.478. The lowest BCUT2D eigenvalue weighted by molar-refractivity contribution is 0.346. The molecule has 1 rings (SSSR count). The van der Waals surface area contributed by atoms with E-state index in [1.807, 2.05) is 26.0 Å². The summed E-state index contributed by atoms with van der Waals surface area (Å²) >= 11 is 5.57. The summed E-state index contributed by atoms with van der Waals surface area (Å²) in [5, 5.41) is 0. The summed E-state index contributed by atoms with van der Waals surface area (Å²) in [6.07, 6.45) is 0.723. The van der Waals surface area contributed by atoms with Crippen LogP contribution in [0.5, 0.6) is 5.75 Å². The Morgan fingerprint density at radius 2 is 2.31 bits per heavy atom. The Balaban J connectivity index is 2.77. The molecule has 0 aromatic carbocycles. The summed E-state index contributed by atoms with van der Waals surface area (Å²) < 4.78 is 5.63. The van der Waals surface area contributed by atoms with Gasteiger partial charge in [0.05, 0.1) is 5.69 Å². The van der Waals surface area contributed by atoms with Crippen molar-refractivity contribution in [1.82, 2.24) is 4.98 Å². The van der Waals surface area contributed by atoms with Crippen molar-refractivity contribution in [3.05, 3.63) is 34.6 Å². The predicted molar refractivity (Wildman–Crippen MR) is 66.8 cm³/mol. The van der Waals surface area contributed by atoms with E-state index in [4.69, 9.17) is 22.1 Å². The third-order valence-corrected chi connectivity index (χ3v) is 2.47. The fourth-order valence-electron chi connectivity index (χ4n) is 1.27. The van der Waals surface area contributed by atoms with Gasteiger partial charge in [0.2, 0.25) is 0 Å². The van der Waals surface area contributed by atoms with E-state index in [2.05, 4.69) is 4.98 Å². The van der Waals surface area contributed by atoms with Crippen LogP contribution in [0.3, 0.4) is 0 Å². The van der Waals surface area contributed by atoms with Crippen LogP contribution in [0.1, 0.15) is 18.3 Å². The number of rotatable bonds is 5. The van der Waals surface area contributed by atoms with Crippen molar-refractivity contribution < 1.29 is 4.74 Å². The van der Waals surface area contributed by atoms with Gasteiger partial charge in [0.15, 0.2) is 0 Å². The Kier molecular flexibility index (Phi) is 5.29. The van der Waals surface area contributed by atoms with Gasteiger partial charge >= 0.3 is 0 Å². The molecule has 2 N–H and O–H groups in total. The third-order valence-electron chi connectivity index (χ3n) is 2.09. The second kappa shape index (κ2) is 6.51. The smallest absolute Gasteiger partial charge is 0.141 e. The molecule has 1 heterocycles. The number of halogens is 1. The van der Waals surface area contributed by atoms with Crippen molar-refractivity contribution in [2.45, 2.75) is 20.3 Å². The third kappa shape index (κ3) is 3.83. The summed E-state index contributed by atoms with van der Waals surface area (Å²) in [5.74, 6) is 0.786. The van der Waals surface area contributed by atoms with E-state index in [9.17, 15) is 0 Å². The molecule has 0 fully saturated rings. The monoisotopic (exact) mass is 240 g/mol. The van der Waals surface area contributed by atoms with Gasteiger partial charge in [-0.25, -0.2) is 0 Å². The van der Waals surface area contributed by atoms with Crippen molar-refractivity contribution in [2.75, 3.05) is 13.2 Å². The Morgan fingerprint density at radius 1 is 1.56 bits per heavy atom. The Labute approximate surface area is 101 Å². The standard InChI is InChI=1S/C12H17ClN2O/c1-9(7-13)8-16-12-4-3-10(2)15-11(12)5-6-14/h3-4,7H,5-6,8,14H2,1-2H3/b9-7-. The Bertz CT molecular complexity index is 377. The number of ether oxygens (including phenoxy) is 1. The normalized spacial score (nSPS) is 11.6. The van der Waals surface area contributed by atoms with Crippen LogP contribution >= 0.6 is 11.6 Å². The molecule has 0 bridgehead atoms. The number of pyridine rings is 1. The zero-order valence-corrected chi connectivity index (χ0v) is 10.4. The molecule has 1 aromatic heterocycles. The maximum Gasteiger partial charge on any atom is 0.141 e. The van der Waals surface area contributed by atoms with Crippen molar-refractivity contribution in [1.29, 1.82) is 0 Å². The maximum atomic E-state index is 5.63. The molecule has 0 aliphatic carbocycles. The lowest BCUT2D eigenvalue weighted by Gasteiger charge is -2.10. The zero-order chi connectivity index (χ0) is 12.0. The van der Waals surface area contributed by atoms with Crippen molar-refractivity contribution in [2.24, 2.45) is 5.73 Å². The van der Waals surface area contributed by atoms with Crippen LogP contribution in [0.2, 0.25) is 0 Å². The quantitative estimate of drug-likeness (QED) is 0.860. The Morgan fingerprint density at radius 3 is 2.94 bits per heavy atom. The first kappa shape index (κ1) is 13.0. The van der Waals surface area contributed by atoms with Gasteiger partial charge in [-0.05, 0) is 38.1 Å². The highest BCUT2D eigenvalue weighted by molar-refractivity contribution is 6.25. The lowest BCUT2D eigenvalue weighted by Crippen LogP contribution is -2.08. The molecule has 3 nitrogen and oxygen atoms in total. The largest absolute Gasteiger partial charge is 0.487 e. The number of aryl methyl sites for hydroxylation is 1. The SMILES string of the molecule is C/C(=C/Cl)COc1ccc(C)nc1CCN. The topological polar surface area (TPSA) is 48.1 Å². The number of nitrogens with two attached hydrogens (primary N) is 1. The molecule has 0 radical (unpaired) electrons. The van der Waals surface area contributed by atoms with Crippen LogP contribution in [0.15, 0.2) is 23.2 Å². The molecule has 1 aromatic rings. The first-order valence-corrected chi connectivity index (χ1v) is 5.66. The van der Waals surface area contributed by atoms with Gasteiger partial charge in [0.25, 0.3) is 0 Å². The predicted octanol–water partition coefficient (Wildman–Crippen LogP) is 2.41. The molecular formula is C12H17ClN2O. The highest BCUT2D eigenvalue weighted by atomic mass is 35.5. The average Bonchev–Trinajstić information content (AvgIpc) is 2.28. The summed E-state index contributed by atoms with van der Waals surface area (Å²) in [6, 6.07) is 3.85. The zero-order valence-electron chi connectivity index (χ0n) is 9.66. The molecule has 88 valence electrons. The first-order chi connectivity index (χ1) is 7.67. The van der Waals surface area contributed by atoms with Crippen LogP contribution in [0, 0.1) is 6.92 Å². The van der Waals surface area contributed by atoms with Crippen molar-refractivity contribution >= 4 is 11.6 Å². The molecular weight excluding hydrogens is 224 g/mol. The minimum Gasteiger partial charge on any atom is -0.487 e. The van der Waals surface area contributed by atoms with Gasteiger partial charge in [-0.2, -0.15) is 0 Å². The van der Waals surface area contributed by atoms with E-state index in [0.29, 0.717) is 13.2 Å². The second-order valence-electron chi connectivity index (χ2n) is 3.68. The number of hydrogen-bond donors (Lipinski definition) is 1. The minimum atomic E-state index is 0.478. The van der Waals surface area contributed by atoms with Gasteiger partial charge in [-0.1, -0.05) is 11.6 Å². The van der Waals surface area contributed by atoms with Crippen LogP contribution in [0.4, 0.5) is 0 Å². The Hall–Kier alpha value is -1.06. The molecule has 0 aliphatic rings. The van der Waals surface area contributed by atoms with Crippen LogP contribution < -0.4 is 10.5 Å². The molecule has 0 atom stereocenters. The van der Waals surface area contributed by atoms with Gasteiger partial charge in [-0.3, -0.25) is 4.98 Å². The molecule has 16 heavy (non-hydrogen) atoms. The van der Waals surface area contributed by atoms with E-state index in [1.165, 1.54) is 5.54 Å². The van der Waals surface area contributed by atoms with E-state index >= 15 is 0 Å². The number of hydrogen-bond acceptors (Lipinski definition) is 3. The summed E-state index contributed by atoms with van der Waals surface area (Å²) in [7, 11) is 0. The van der Waals surface area contributed by atoms with Gasteiger partial charge < -0.3 is 10.5 Å². The fraction of sp³-hybridized carbons (Fsp3) is 0.417. The summed E-state index contributed by atoms with van der Waals surface area (Å²) in [4.78, 5) is 4.41. The number of aromatic nitrogens is 1. The van der Waals surface area contributed by atoms with E-state index in [-0.39, 0.29) is 0 Å². The second-order valence-corrected chi connectivity index (χ2v) is 3.90. The average molecular weight is 241 g/mol. The molecule has 4 heteroatoms. The molecule has 0 spiro atoms. The van der Waals surface area contributed by atoms with Gasteiger partial charge in [0, 0.05) is 17.6 Å². The van der Waals surface area contributed by atoms with E-state index < -0.39 is 0 Å². The summed E-state index contributed by atoms with van der Waals surface area (Å²) in [5.41, 5.74) is 9.90. The maximum absolute atomic E-state index is 5.63. The van der Waals surface area contributed by atoms with Crippen LogP contribution in [0.25, 0.3) is 0 Å². The van der Waals surface area contributed by atoms with Crippen molar-refractivity contribution in [3.63, 3.8) is 0 Å². The van der Waals surface area contributed by atoms with E-state index in [0.717, 1.165) is 29.1 Å². The van der Waals surface area contributed by atoms with Crippen LogP contribution in [-0.4, -0.2) is 18.1 Å². The molecule has 0 saturated heterocycles. The highest BCUT2D eigenvalue weighted by Crippen LogP contribution is 2.18. The lowest BCUT2D eigenvalue weighted by atomic mass is 10.2. The van der Waals surface area contributed by atoms with Gasteiger partial charge in [-0.15, -0.1) is 0 Å². The summed E-state index contributed by atoms with van der Waals surface area (Å²) in [6.45, 7) is 4.91. The fourth-order valence-corrected chi connectivity index (χ4v) is 1.33. The van der Waals surface area contributed by atoms with E-state index in [1.54, 1.807) is 0 Å². The molecule has 0 aliphatic heterocycles. The highest BCUT2D eigenvalue weighted by Gasteiger charge is 2.05. The molecule has 0 amide bonds. The first-order valence-electron chi connectivity index (χ1n) is 5.22. The number of nitrogens with zero attached hydrogens (tertiary/aromatic N) is 1. The molecule has 0 unspecified atom stereocenters. The van der Waals surface area contributed by atoms with Crippen molar-refractivity contribution in [3.8, 4) is 5.75 Å². The van der Waals surface area contributed by atoms with Crippen LogP contribution in [-0.2, 0) is 6.42 Å².